The molecule has 0 spiro atoms. The van der Waals surface area contributed by atoms with Crippen molar-refractivity contribution in [3.63, 3.8) is 0 Å². The topological polar surface area (TPSA) is 35.6 Å². The van der Waals surface area contributed by atoms with Crippen LogP contribution in [-0.2, 0) is 26.5 Å². The molecule has 0 aliphatic heterocycles. The van der Waals surface area contributed by atoms with Crippen molar-refractivity contribution < 1.29 is 22.8 Å². The second-order valence-corrected chi connectivity index (χ2v) is 24.1. The molecule has 3 aromatic heterocycles. The molecule has 3 heterocycles. The molecule has 6 heteroatoms. The van der Waals surface area contributed by atoms with E-state index < -0.39 is 14.4 Å². The number of rotatable bonds is 10. The van der Waals surface area contributed by atoms with E-state index >= 15 is 0 Å². The van der Waals surface area contributed by atoms with Crippen LogP contribution in [0.5, 0.6) is 0 Å². The van der Waals surface area contributed by atoms with Crippen LogP contribution in [0, 0.1) is 18.1 Å². The first-order valence-corrected chi connectivity index (χ1v) is 26.1. The Kier molecular flexibility index (Phi) is 13.3. The fourth-order valence-electron chi connectivity index (χ4n) is 8.71. The summed E-state index contributed by atoms with van der Waals surface area (Å²) >= 11 is 0. The van der Waals surface area contributed by atoms with Crippen molar-refractivity contribution in [3.8, 4) is 34.0 Å². The molecule has 4 nitrogen and oxygen atoms in total. The zero-order valence-corrected chi connectivity index (χ0v) is 42.6. The van der Waals surface area contributed by atoms with Gasteiger partial charge in [0.1, 0.15) is 0 Å². The third-order valence-electron chi connectivity index (χ3n) is 11.9. The van der Waals surface area contributed by atoms with E-state index in [0.717, 1.165) is 55.6 Å². The van der Waals surface area contributed by atoms with Crippen molar-refractivity contribution in [2.45, 2.75) is 99.2 Å². The monoisotopic (exact) mass is 1040 g/mol. The van der Waals surface area contributed by atoms with Gasteiger partial charge in [0.15, 0.2) is 0 Å². The van der Waals surface area contributed by atoms with Gasteiger partial charge in [-0.25, -0.2) is 0 Å². The molecule has 0 amide bonds. The molecule has 64 heavy (non-hydrogen) atoms. The van der Waals surface area contributed by atoms with E-state index in [4.69, 9.17) is 7.73 Å². The summed E-state index contributed by atoms with van der Waals surface area (Å²) in [6.07, 6.45) is 0.528. The number of hydrogen-bond donors (Lipinski definition) is 0. The minimum absolute atomic E-state index is 0. The van der Waals surface area contributed by atoms with Gasteiger partial charge in [-0.1, -0.05) is 153 Å². The van der Waals surface area contributed by atoms with Crippen LogP contribution in [0.15, 0.2) is 140 Å². The summed E-state index contributed by atoms with van der Waals surface area (Å²) in [6.45, 7) is 24.2. The van der Waals surface area contributed by atoms with E-state index in [9.17, 15) is 0 Å². The predicted octanol–water partition coefficient (Wildman–Crippen LogP) is 15.2. The SMILES string of the molecule is CC(C)c1ccc2c(c1)c1cc(-c3nc4ccccc4n3-c3c(C(C)C)cccc3C(C)C)[c-]cc1n2-c1ccccc1.[2H]C([2H])(c1cc(-c2[c-]cccc2)ncc1[Si](C)(C)C)C(C)C.[Ir]. The van der Waals surface area contributed by atoms with Gasteiger partial charge >= 0.3 is 0 Å². The van der Waals surface area contributed by atoms with Crippen LogP contribution < -0.4 is 5.19 Å². The summed E-state index contributed by atoms with van der Waals surface area (Å²) in [7, 11) is -1.67. The number of benzene rings is 6. The maximum absolute atomic E-state index is 8.55. The van der Waals surface area contributed by atoms with Crippen molar-refractivity contribution >= 4 is 46.1 Å². The zero-order valence-electron chi connectivity index (χ0n) is 41.2. The first-order valence-electron chi connectivity index (χ1n) is 23.6. The van der Waals surface area contributed by atoms with Gasteiger partial charge in [-0.3, -0.25) is 4.98 Å². The van der Waals surface area contributed by atoms with Crippen LogP contribution in [0.3, 0.4) is 0 Å². The summed E-state index contributed by atoms with van der Waals surface area (Å²) in [5.74, 6) is 2.02. The molecule has 0 saturated heterocycles. The van der Waals surface area contributed by atoms with E-state index in [-0.39, 0.29) is 26.0 Å². The Balaban J connectivity index is 0.000000239. The molecule has 1 radical (unpaired) electrons. The largest absolute Gasteiger partial charge is 0.351 e. The number of imidazole rings is 1. The molecule has 9 rings (SSSR count). The maximum atomic E-state index is 8.55. The van der Waals surface area contributed by atoms with E-state index in [1.54, 1.807) is 0 Å². The summed E-state index contributed by atoms with van der Waals surface area (Å²) in [6, 6.07) is 53.8. The third-order valence-corrected chi connectivity index (χ3v) is 13.9. The van der Waals surface area contributed by atoms with Gasteiger partial charge < -0.3 is 14.1 Å². The summed E-state index contributed by atoms with van der Waals surface area (Å²) in [4.78, 5) is 9.87. The van der Waals surface area contributed by atoms with E-state index in [0.29, 0.717) is 17.8 Å². The van der Waals surface area contributed by atoms with Crippen LogP contribution in [0.25, 0.3) is 66.9 Å². The molecule has 9 aromatic rings. The third kappa shape index (κ3) is 9.38. The van der Waals surface area contributed by atoms with Crippen molar-refractivity contribution in [2.24, 2.45) is 5.92 Å². The van der Waals surface area contributed by atoms with Crippen LogP contribution in [0.2, 0.25) is 19.6 Å². The minimum Gasteiger partial charge on any atom is -0.351 e. The Morgan fingerprint density at radius 3 is 1.94 bits per heavy atom. The number of aromatic nitrogens is 4. The van der Waals surface area contributed by atoms with Crippen molar-refractivity contribution in [1.29, 1.82) is 0 Å². The molecule has 0 N–H and O–H groups in total. The molecule has 0 aliphatic carbocycles. The molecule has 0 atom stereocenters. The number of nitrogens with zero attached hydrogens (tertiary/aromatic N) is 4. The Bertz CT molecular complexity index is 3100. The Morgan fingerprint density at radius 2 is 1.30 bits per heavy atom. The number of pyridine rings is 1. The normalized spacial score (nSPS) is 12.5. The van der Waals surface area contributed by atoms with E-state index in [1.165, 1.54) is 38.7 Å². The Morgan fingerprint density at radius 1 is 0.625 bits per heavy atom. The van der Waals surface area contributed by atoms with Gasteiger partial charge in [0.05, 0.1) is 24.9 Å². The molecule has 329 valence electrons. The second-order valence-electron chi connectivity index (χ2n) is 19.0. The van der Waals surface area contributed by atoms with Gasteiger partial charge in [-0.05, 0) is 98.9 Å². The molecule has 0 bridgehead atoms. The molecule has 6 aromatic carbocycles. The van der Waals surface area contributed by atoms with Crippen LogP contribution >= 0.6 is 0 Å². The summed E-state index contributed by atoms with van der Waals surface area (Å²) in [5.41, 5.74) is 14.4. The van der Waals surface area contributed by atoms with Crippen LogP contribution in [0.4, 0.5) is 0 Å². The first-order chi connectivity index (χ1) is 31.0. The second kappa shape index (κ2) is 19.4. The molecule has 0 fully saturated rings. The number of para-hydroxylation sites is 4. The van der Waals surface area contributed by atoms with Gasteiger partial charge in [0, 0.05) is 45.9 Å². The first kappa shape index (κ1) is 43.8. The molecule has 0 aliphatic rings. The van der Waals surface area contributed by atoms with Crippen molar-refractivity contribution in [3.05, 3.63) is 174 Å². The van der Waals surface area contributed by atoms with Gasteiger partial charge in [0.2, 0.25) is 0 Å². The van der Waals surface area contributed by atoms with Gasteiger partial charge in [-0.2, -0.15) is 0 Å². The average molecular weight is 1040 g/mol. The minimum atomic E-state index is -1.67. The van der Waals surface area contributed by atoms with E-state index in [2.05, 4.69) is 191 Å². The van der Waals surface area contributed by atoms with Crippen LogP contribution in [-0.4, -0.2) is 27.2 Å². The maximum Gasteiger partial charge on any atom is 0.0798 e. The van der Waals surface area contributed by atoms with E-state index in [1.807, 2.05) is 50.4 Å². The fraction of sp³-hybridized carbons (Fsp3) is 0.276. The summed E-state index contributed by atoms with van der Waals surface area (Å²) < 4.78 is 21.9. The average Bonchev–Trinajstić information content (AvgIpc) is 3.84. The number of fused-ring (bicyclic) bond motifs is 4. The molecule has 0 unspecified atom stereocenters. The van der Waals surface area contributed by atoms with Gasteiger partial charge in [-0.15, -0.1) is 59.7 Å². The summed E-state index contributed by atoms with van der Waals surface area (Å²) in [5, 5.41) is 3.58. The Labute approximate surface area is 399 Å². The Hall–Kier alpha value is -5.39. The molecule has 0 saturated carbocycles. The zero-order chi connectivity index (χ0) is 46.4. The number of hydrogen-bond acceptors (Lipinski definition) is 2. The smallest absolute Gasteiger partial charge is 0.0798 e. The molecular weight excluding hydrogens is 973 g/mol. The standard InChI is InChI=1S/C40H38N3.C18H24NSi.Ir/c1-25(2)28-19-21-36-33(23-28)34-24-29(20-22-37(34)42(36)30-13-8-7-9-14-30)40-41-35-17-10-11-18-38(35)43(40)39-31(26(3)4)15-12-16-32(39)27(5)6;1-14(2)11-16-12-17(15-9-7-6-8-10-15)19-13-18(16)20(3,4)5;/h7-19,21-27H,1-6H3;6-9,12-14H,11H2,1-5H3;/q2*-1;/i;11D2;. The molecular formula is C58H62IrN4Si-2. The van der Waals surface area contributed by atoms with Crippen molar-refractivity contribution in [2.75, 3.05) is 0 Å². The predicted molar refractivity (Wildman–Crippen MR) is 272 cm³/mol. The fourth-order valence-corrected chi connectivity index (χ4v) is 10.1. The van der Waals surface area contributed by atoms with Crippen LogP contribution in [0.1, 0.15) is 98.1 Å². The van der Waals surface area contributed by atoms with Gasteiger partial charge in [0.25, 0.3) is 0 Å². The quantitative estimate of drug-likeness (QED) is 0.101. The van der Waals surface area contributed by atoms with Crippen molar-refractivity contribution in [1.82, 2.24) is 19.1 Å².